The molecule has 96 valence electrons. The number of carbonyl (C=O) groups excluding carboxylic acids is 2. The first-order valence-electron chi connectivity index (χ1n) is 5.90. The minimum Gasteiger partial charge on any atom is -0.342 e. The summed E-state index contributed by atoms with van der Waals surface area (Å²) in [5.41, 5.74) is 0.922. The Kier molecular flexibility index (Phi) is 4.20. The van der Waals surface area contributed by atoms with Crippen LogP contribution < -0.4 is 0 Å². The largest absolute Gasteiger partial charge is 0.342 e. The Labute approximate surface area is 111 Å². The molecule has 2 rings (SSSR count). The van der Waals surface area contributed by atoms with Crippen LogP contribution in [0.1, 0.15) is 5.56 Å². The summed E-state index contributed by atoms with van der Waals surface area (Å²) in [6.45, 7) is 2.45. The molecule has 0 spiro atoms. The van der Waals surface area contributed by atoms with Crippen molar-refractivity contribution in [3.05, 3.63) is 34.9 Å². The van der Waals surface area contributed by atoms with Gasteiger partial charge in [0.05, 0.1) is 6.42 Å². The molecule has 0 saturated carbocycles. The van der Waals surface area contributed by atoms with Crippen LogP contribution in [0.3, 0.4) is 0 Å². The van der Waals surface area contributed by atoms with Gasteiger partial charge in [-0.05, 0) is 17.7 Å². The fourth-order valence-corrected chi connectivity index (χ4v) is 2.22. The normalized spacial score (nSPS) is 15.6. The van der Waals surface area contributed by atoms with Gasteiger partial charge in [-0.2, -0.15) is 0 Å². The van der Waals surface area contributed by atoms with E-state index in [0.29, 0.717) is 37.6 Å². The van der Waals surface area contributed by atoms with Gasteiger partial charge in [0.2, 0.25) is 12.3 Å². The van der Waals surface area contributed by atoms with E-state index in [9.17, 15) is 9.59 Å². The predicted molar refractivity (Wildman–Crippen MR) is 69.4 cm³/mol. The average molecular weight is 267 g/mol. The fraction of sp³-hybridized carbons (Fsp3) is 0.385. The molecule has 1 aliphatic rings. The maximum absolute atomic E-state index is 12.0. The van der Waals surface area contributed by atoms with Crippen molar-refractivity contribution in [2.45, 2.75) is 6.42 Å². The highest BCUT2D eigenvalue weighted by atomic mass is 35.5. The maximum Gasteiger partial charge on any atom is 0.227 e. The van der Waals surface area contributed by atoms with E-state index in [4.69, 9.17) is 11.6 Å². The lowest BCUT2D eigenvalue weighted by Crippen LogP contribution is -2.48. The zero-order valence-corrected chi connectivity index (χ0v) is 10.8. The second kappa shape index (κ2) is 5.87. The lowest BCUT2D eigenvalue weighted by atomic mass is 10.1. The second-order valence-corrected chi connectivity index (χ2v) is 4.77. The fourth-order valence-electron chi connectivity index (χ4n) is 2.01. The first kappa shape index (κ1) is 12.9. The van der Waals surface area contributed by atoms with Crippen LogP contribution in [-0.2, 0) is 16.0 Å². The molecule has 0 N–H and O–H groups in total. The van der Waals surface area contributed by atoms with Crippen molar-refractivity contribution in [2.24, 2.45) is 0 Å². The molecule has 4 nitrogen and oxygen atoms in total. The molecule has 1 heterocycles. The number of carbonyl (C=O) groups is 2. The second-order valence-electron chi connectivity index (χ2n) is 4.33. The molecule has 0 unspecified atom stereocenters. The quantitative estimate of drug-likeness (QED) is 0.771. The molecule has 0 bridgehead atoms. The van der Waals surface area contributed by atoms with Gasteiger partial charge < -0.3 is 9.80 Å². The summed E-state index contributed by atoms with van der Waals surface area (Å²) in [6.07, 6.45) is 1.19. The molecular weight excluding hydrogens is 252 g/mol. The molecule has 5 heteroatoms. The van der Waals surface area contributed by atoms with Crippen LogP contribution >= 0.6 is 11.6 Å². The third-order valence-corrected chi connectivity index (χ3v) is 3.30. The molecule has 1 saturated heterocycles. The van der Waals surface area contributed by atoms with Gasteiger partial charge in [-0.15, -0.1) is 0 Å². The molecule has 0 aromatic heterocycles. The van der Waals surface area contributed by atoms with Crippen LogP contribution in [0.15, 0.2) is 24.3 Å². The summed E-state index contributed by atoms with van der Waals surface area (Å²) in [7, 11) is 0. The number of piperazine rings is 1. The summed E-state index contributed by atoms with van der Waals surface area (Å²) < 4.78 is 0. The van der Waals surface area contributed by atoms with E-state index >= 15 is 0 Å². The molecule has 1 fully saturated rings. The van der Waals surface area contributed by atoms with E-state index in [2.05, 4.69) is 0 Å². The zero-order valence-electron chi connectivity index (χ0n) is 10.0. The summed E-state index contributed by atoms with van der Waals surface area (Å²) in [5, 5.41) is 0.645. The molecule has 0 aliphatic carbocycles. The molecule has 2 amide bonds. The summed E-state index contributed by atoms with van der Waals surface area (Å²) >= 11 is 5.88. The van der Waals surface area contributed by atoms with Crippen molar-refractivity contribution < 1.29 is 9.59 Å². The molecule has 1 aromatic rings. The van der Waals surface area contributed by atoms with E-state index in [1.165, 1.54) is 0 Å². The SMILES string of the molecule is O=CN1CCN(C(=O)Cc2cccc(Cl)c2)CC1. The lowest BCUT2D eigenvalue weighted by Gasteiger charge is -2.32. The maximum atomic E-state index is 12.0. The Hall–Kier alpha value is -1.55. The summed E-state index contributed by atoms with van der Waals surface area (Å²) in [4.78, 5) is 26.1. The Bertz CT molecular complexity index is 442. The van der Waals surface area contributed by atoms with Crippen molar-refractivity contribution in [2.75, 3.05) is 26.2 Å². The van der Waals surface area contributed by atoms with E-state index in [1.54, 1.807) is 21.9 Å². The smallest absolute Gasteiger partial charge is 0.227 e. The van der Waals surface area contributed by atoms with E-state index in [1.807, 2.05) is 12.1 Å². The first-order valence-corrected chi connectivity index (χ1v) is 6.28. The standard InChI is InChI=1S/C13H15ClN2O2/c14-12-3-1-2-11(8-12)9-13(18)16-6-4-15(10-17)5-7-16/h1-3,8,10H,4-7,9H2. The van der Waals surface area contributed by atoms with Gasteiger partial charge in [-0.1, -0.05) is 23.7 Å². The van der Waals surface area contributed by atoms with Gasteiger partial charge in [0.1, 0.15) is 0 Å². The van der Waals surface area contributed by atoms with Crippen LogP contribution in [0, 0.1) is 0 Å². The van der Waals surface area contributed by atoms with Crippen molar-refractivity contribution in [1.82, 2.24) is 9.80 Å². The van der Waals surface area contributed by atoms with Crippen LogP contribution in [0.4, 0.5) is 0 Å². The number of nitrogens with zero attached hydrogens (tertiary/aromatic N) is 2. The Morgan fingerprint density at radius 1 is 1.28 bits per heavy atom. The molecule has 18 heavy (non-hydrogen) atoms. The third-order valence-electron chi connectivity index (χ3n) is 3.06. The Morgan fingerprint density at radius 2 is 2.00 bits per heavy atom. The Balaban J connectivity index is 1.91. The first-order chi connectivity index (χ1) is 8.69. The minimum absolute atomic E-state index is 0.0859. The topological polar surface area (TPSA) is 40.6 Å². The van der Waals surface area contributed by atoms with Gasteiger partial charge in [0.25, 0.3) is 0 Å². The van der Waals surface area contributed by atoms with Crippen LogP contribution in [0.5, 0.6) is 0 Å². The number of benzene rings is 1. The van der Waals surface area contributed by atoms with Crippen molar-refractivity contribution in [1.29, 1.82) is 0 Å². The lowest BCUT2D eigenvalue weighted by molar-refractivity contribution is -0.134. The van der Waals surface area contributed by atoms with E-state index in [-0.39, 0.29) is 5.91 Å². The number of halogens is 1. The van der Waals surface area contributed by atoms with E-state index < -0.39 is 0 Å². The third kappa shape index (κ3) is 3.23. The highest BCUT2D eigenvalue weighted by Crippen LogP contribution is 2.12. The van der Waals surface area contributed by atoms with Gasteiger partial charge in [-0.3, -0.25) is 9.59 Å². The minimum atomic E-state index is 0.0859. The number of amides is 2. The molecule has 0 atom stereocenters. The van der Waals surface area contributed by atoms with Crippen molar-refractivity contribution in [3.8, 4) is 0 Å². The van der Waals surface area contributed by atoms with Crippen LogP contribution in [-0.4, -0.2) is 48.3 Å². The number of hydrogen-bond donors (Lipinski definition) is 0. The highest BCUT2D eigenvalue weighted by Gasteiger charge is 2.19. The van der Waals surface area contributed by atoms with Crippen molar-refractivity contribution in [3.63, 3.8) is 0 Å². The molecule has 1 aromatic carbocycles. The van der Waals surface area contributed by atoms with Crippen LogP contribution in [0.2, 0.25) is 5.02 Å². The predicted octanol–water partition coefficient (Wildman–Crippen LogP) is 1.18. The number of rotatable bonds is 3. The summed E-state index contributed by atoms with van der Waals surface area (Å²) in [5.74, 6) is 0.0859. The Morgan fingerprint density at radius 3 is 2.61 bits per heavy atom. The molecule has 0 radical (unpaired) electrons. The van der Waals surface area contributed by atoms with Gasteiger partial charge in [0, 0.05) is 31.2 Å². The average Bonchev–Trinajstić information content (AvgIpc) is 2.39. The van der Waals surface area contributed by atoms with E-state index in [0.717, 1.165) is 12.0 Å². The zero-order chi connectivity index (χ0) is 13.0. The molecule has 1 aliphatic heterocycles. The van der Waals surface area contributed by atoms with Gasteiger partial charge in [-0.25, -0.2) is 0 Å². The number of hydrogen-bond acceptors (Lipinski definition) is 2. The van der Waals surface area contributed by atoms with Crippen LogP contribution in [0.25, 0.3) is 0 Å². The van der Waals surface area contributed by atoms with Gasteiger partial charge in [0.15, 0.2) is 0 Å². The monoisotopic (exact) mass is 266 g/mol. The summed E-state index contributed by atoms with van der Waals surface area (Å²) in [6, 6.07) is 7.33. The van der Waals surface area contributed by atoms with Gasteiger partial charge >= 0.3 is 0 Å². The highest BCUT2D eigenvalue weighted by molar-refractivity contribution is 6.30. The molecular formula is C13H15ClN2O2. The van der Waals surface area contributed by atoms with Crippen molar-refractivity contribution >= 4 is 23.9 Å².